The molecular formula is C23H30N4. The third-order valence-electron chi connectivity index (χ3n) is 4.85. The maximum Gasteiger partial charge on any atom is 0.193 e. The van der Waals surface area contributed by atoms with Crippen LogP contribution in [0.15, 0.2) is 59.2 Å². The number of aryl methyl sites for hydroxylation is 1. The largest absolute Gasteiger partial charge is 0.357 e. The molecule has 0 saturated carbocycles. The number of guanidine groups is 1. The minimum Gasteiger partial charge on any atom is -0.357 e. The van der Waals surface area contributed by atoms with Gasteiger partial charge in [0.05, 0.1) is 0 Å². The van der Waals surface area contributed by atoms with Crippen LogP contribution in [0.2, 0.25) is 0 Å². The molecule has 1 aliphatic rings. The summed E-state index contributed by atoms with van der Waals surface area (Å²) >= 11 is 0. The summed E-state index contributed by atoms with van der Waals surface area (Å²) in [5.74, 6) is 1.04. The van der Waals surface area contributed by atoms with Gasteiger partial charge in [-0.05, 0) is 50.3 Å². The molecule has 0 spiro atoms. The SMILES string of the molecule is CCNC(=NCCc1ccc(C)nc1)N1CCC(=Cc2ccccc2)CC1. The molecule has 142 valence electrons. The fraction of sp³-hybridized carbons (Fsp3) is 0.391. The number of nitrogens with zero attached hydrogens (tertiary/aromatic N) is 3. The van der Waals surface area contributed by atoms with Gasteiger partial charge in [-0.1, -0.05) is 48.0 Å². The lowest BCUT2D eigenvalue weighted by molar-refractivity contribution is 0.375. The molecule has 1 aromatic heterocycles. The van der Waals surface area contributed by atoms with Gasteiger partial charge in [-0.25, -0.2) is 0 Å². The Hall–Kier alpha value is -2.62. The van der Waals surface area contributed by atoms with Gasteiger partial charge in [-0.3, -0.25) is 9.98 Å². The minimum atomic E-state index is 0.788. The van der Waals surface area contributed by atoms with Gasteiger partial charge in [0, 0.05) is 38.1 Å². The van der Waals surface area contributed by atoms with E-state index in [1.807, 2.05) is 13.1 Å². The van der Waals surface area contributed by atoms with E-state index in [9.17, 15) is 0 Å². The summed E-state index contributed by atoms with van der Waals surface area (Å²) in [5, 5.41) is 3.45. The molecule has 2 aromatic rings. The number of nitrogens with one attached hydrogen (secondary N) is 1. The lowest BCUT2D eigenvalue weighted by Crippen LogP contribution is -2.44. The van der Waals surface area contributed by atoms with E-state index in [-0.39, 0.29) is 0 Å². The second-order valence-corrected chi connectivity index (χ2v) is 6.99. The molecule has 1 aliphatic heterocycles. The fourth-order valence-corrected chi connectivity index (χ4v) is 3.30. The van der Waals surface area contributed by atoms with Crippen molar-refractivity contribution in [1.82, 2.24) is 15.2 Å². The van der Waals surface area contributed by atoms with Gasteiger partial charge in [-0.2, -0.15) is 0 Å². The smallest absolute Gasteiger partial charge is 0.193 e. The molecule has 1 N–H and O–H groups in total. The van der Waals surface area contributed by atoms with Gasteiger partial charge in [0.25, 0.3) is 0 Å². The maximum atomic E-state index is 4.85. The van der Waals surface area contributed by atoms with E-state index in [0.717, 1.165) is 57.1 Å². The Bertz CT molecular complexity index is 753. The Labute approximate surface area is 163 Å². The topological polar surface area (TPSA) is 40.5 Å². The second-order valence-electron chi connectivity index (χ2n) is 6.99. The summed E-state index contributed by atoms with van der Waals surface area (Å²) < 4.78 is 0. The van der Waals surface area contributed by atoms with Crippen LogP contribution in [-0.2, 0) is 6.42 Å². The van der Waals surface area contributed by atoms with Crippen LogP contribution in [-0.4, -0.2) is 42.0 Å². The third-order valence-corrected chi connectivity index (χ3v) is 4.85. The highest BCUT2D eigenvalue weighted by atomic mass is 15.3. The number of hydrogen-bond acceptors (Lipinski definition) is 2. The van der Waals surface area contributed by atoms with Crippen molar-refractivity contribution >= 4 is 12.0 Å². The van der Waals surface area contributed by atoms with Crippen molar-refractivity contribution in [2.24, 2.45) is 4.99 Å². The molecule has 0 bridgehead atoms. The summed E-state index contributed by atoms with van der Waals surface area (Å²) in [6.07, 6.45) is 7.42. The molecule has 4 nitrogen and oxygen atoms in total. The highest BCUT2D eigenvalue weighted by Crippen LogP contribution is 2.19. The third kappa shape index (κ3) is 5.95. The number of hydrogen-bond donors (Lipinski definition) is 1. The number of rotatable bonds is 5. The highest BCUT2D eigenvalue weighted by Gasteiger charge is 2.17. The molecule has 0 aliphatic carbocycles. The van der Waals surface area contributed by atoms with Crippen molar-refractivity contribution < 1.29 is 0 Å². The summed E-state index contributed by atoms with van der Waals surface area (Å²) in [6, 6.07) is 14.8. The average molecular weight is 363 g/mol. The van der Waals surface area contributed by atoms with Crippen molar-refractivity contribution in [3.8, 4) is 0 Å². The molecule has 1 fully saturated rings. The van der Waals surface area contributed by atoms with Crippen LogP contribution in [0.5, 0.6) is 0 Å². The predicted octanol–water partition coefficient (Wildman–Crippen LogP) is 4.08. The van der Waals surface area contributed by atoms with Crippen LogP contribution >= 0.6 is 0 Å². The van der Waals surface area contributed by atoms with E-state index < -0.39 is 0 Å². The highest BCUT2D eigenvalue weighted by molar-refractivity contribution is 5.80. The van der Waals surface area contributed by atoms with Gasteiger partial charge in [0.15, 0.2) is 5.96 Å². The Balaban J connectivity index is 1.55. The average Bonchev–Trinajstić information content (AvgIpc) is 2.70. The lowest BCUT2D eigenvalue weighted by atomic mass is 10.0. The van der Waals surface area contributed by atoms with Crippen molar-refractivity contribution in [2.45, 2.75) is 33.1 Å². The standard InChI is InChI=1S/C23H30N4/c1-3-24-23(25-14-11-22-10-9-19(2)26-18-22)27-15-12-21(13-16-27)17-20-7-5-4-6-8-20/h4-10,17-18H,3,11-16H2,1-2H3,(H,24,25). The van der Waals surface area contributed by atoms with E-state index in [2.05, 4.69) is 70.7 Å². The Morgan fingerprint density at radius 1 is 1.15 bits per heavy atom. The van der Waals surface area contributed by atoms with Gasteiger partial charge in [-0.15, -0.1) is 0 Å². The number of pyridine rings is 1. The number of likely N-dealkylation sites (tertiary alicyclic amines) is 1. The molecule has 1 aromatic carbocycles. The lowest BCUT2D eigenvalue weighted by Gasteiger charge is -2.31. The van der Waals surface area contributed by atoms with Crippen molar-refractivity contribution in [2.75, 3.05) is 26.2 Å². The van der Waals surface area contributed by atoms with Crippen molar-refractivity contribution in [3.63, 3.8) is 0 Å². The quantitative estimate of drug-likeness (QED) is 0.644. The van der Waals surface area contributed by atoms with Gasteiger partial charge < -0.3 is 10.2 Å². The fourth-order valence-electron chi connectivity index (χ4n) is 3.30. The molecule has 3 rings (SSSR count). The monoisotopic (exact) mass is 362 g/mol. The number of benzene rings is 1. The number of piperidine rings is 1. The molecule has 0 amide bonds. The van der Waals surface area contributed by atoms with E-state index in [1.165, 1.54) is 16.7 Å². The zero-order chi connectivity index (χ0) is 18.9. The maximum absolute atomic E-state index is 4.85. The van der Waals surface area contributed by atoms with Crippen LogP contribution < -0.4 is 5.32 Å². The molecule has 27 heavy (non-hydrogen) atoms. The van der Waals surface area contributed by atoms with Crippen LogP contribution in [0.3, 0.4) is 0 Å². The zero-order valence-corrected chi connectivity index (χ0v) is 16.5. The zero-order valence-electron chi connectivity index (χ0n) is 16.5. The molecule has 2 heterocycles. The van der Waals surface area contributed by atoms with Crippen molar-refractivity contribution in [1.29, 1.82) is 0 Å². The summed E-state index contributed by atoms with van der Waals surface area (Å²) in [6.45, 7) is 7.88. The first kappa shape index (κ1) is 19.2. The van der Waals surface area contributed by atoms with Crippen LogP contribution in [0.1, 0.15) is 36.6 Å². The van der Waals surface area contributed by atoms with E-state index >= 15 is 0 Å². The van der Waals surface area contributed by atoms with Crippen molar-refractivity contribution in [3.05, 3.63) is 71.1 Å². The summed E-state index contributed by atoms with van der Waals surface area (Å²) in [5.41, 5.74) is 5.13. The first-order valence-corrected chi connectivity index (χ1v) is 9.94. The summed E-state index contributed by atoms with van der Waals surface area (Å²) in [4.78, 5) is 11.6. The molecule has 4 heteroatoms. The first-order valence-electron chi connectivity index (χ1n) is 9.94. The molecule has 0 radical (unpaired) electrons. The molecule has 1 saturated heterocycles. The molecular weight excluding hydrogens is 332 g/mol. The minimum absolute atomic E-state index is 0.788. The van der Waals surface area contributed by atoms with E-state index in [0.29, 0.717) is 0 Å². The normalized spacial score (nSPS) is 15.0. The number of aromatic nitrogens is 1. The predicted molar refractivity (Wildman–Crippen MR) is 114 cm³/mol. The van der Waals surface area contributed by atoms with Gasteiger partial charge in [0.2, 0.25) is 0 Å². The Morgan fingerprint density at radius 2 is 1.93 bits per heavy atom. The Kier molecular flexibility index (Phi) is 7.03. The summed E-state index contributed by atoms with van der Waals surface area (Å²) in [7, 11) is 0. The van der Waals surface area contributed by atoms with Crippen LogP contribution in [0.25, 0.3) is 6.08 Å². The van der Waals surface area contributed by atoms with E-state index in [4.69, 9.17) is 4.99 Å². The molecule has 0 atom stereocenters. The van der Waals surface area contributed by atoms with Gasteiger partial charge in [0.1, 0.15) is 0 Å². The van der Waals surface area contributed by atoms with E-state index in [1.54, 1.807) is 0 Å². The number of aliphatic imine (C=N–C) groups is 1. The Morgan fingerprint density at radius 3 is 2.59 bits per heavy atom. The van der Waals surface area contributed by atoms with Crippen LogP contribution in [0, 0.1) is 6.92 Å². The first-order chi connectivity index (χ1) is 13.2. The van der Waals surface area contributed by atoms with Gasteiger partial charge >= 0.3 is 0 Å². The second kappa shape index (κ2) is 9.91. The van der Waals surface area contributed by atoms with Crippen LogP contribution in [0.4, 0.5) is 0 Å². The molecule has 0 unspecified atom stereocenters.